The van der Waals surface area contributed by atoms with Crippen molar-refractivity contribution in [2.75, 3.05) is 20.2 Å². The van der Waals surface area contributed by atoms with Gasteiger partial charge in [-0.05, 0) is 30.5 Å². The van der Waals surface area contributed by atoms with Crippen LogP contribution in [0.1, 0.15) is 59.2 Å². The van der Waals surface area contributed by atoms with Gasteiger partial charge in [-0.2, -0.15) is 0 Å². The number of ether oxygens (including phenoxy) is 1. The average Bonchev–Trinajstić information content (AvgIpc) is 2.73. The van der Waals surface area contributed by atoms with E-state index >= 15 is 0 Å². The molecule has 1 N–H and O–H groups in total. The van der Waals surface area contributed by atoms with Crippen molar-refractivity contribution >= 4 is 26.4 Å². The van der Waals surface area contributed by atoms with Crippen LogP contribution in [0.15, 0.2) is 24.3 Å². The second-order valence-electron chi connectivity index (χ2n) is 9.96. The summed E-state index contributed by atoms with van der Waals surface area (Å²) in [5, 5.41) is 3.10. The molecule has 0 heterocycles. The molecule has 2 amide bonds. The highest BCUT2D eigenvalue weighted by atomic mass is 28.3. The van der Waals surface area contributed by atoms with Crippen molar-refractivity contribution in [3.05, 3.63) is 35.4 Å². The fraction of sp³-hybridized carbons (Fsp3) is 0.625. The Morgan fingerprint density at radius 3 is 2.58 bits per heavy atom. The van der Waals surface area contributed by atoms with Crippen molar-refractivity contribution < 1.29 is 19.1 Å². The van der Waals surface area contributed by atoms with Crippen molar-refractivity contribution in [2.45, 2.75) is 70.3 Å². The molecule has 1 fully saturated rings. The summed E-state index contributed by atoms with van der Waals surface area (Å²) in [6.45, 7) is 7.60. The largest absolute Gasteiger partial charge is 0.450 e. The molecule has 1 aromatic carbocycles. The van der Waals surface area contributed by atoms with E-state index in [0.29, 0.717) is 30.2 Å². The first-order chi connectivity index (χ1) is 14.7. The zero-order chi connectivity index (χ0) is 22.9. The second kappa shape index (κ2) is 12.0. The Labute approximate surface area is 187 Å². The summed E-state index contributed by atoms with van der Waals surface area (Å²) >= 11 is 0. The molecule has 1 unspecified atom stereocenters. The third-order valence-electron chi connectivity index (χ3n) is 5.85. The number of aldehydes is 1. The smallest absolute Gasteiger partial charge is 0.409 e. The van der Waals surface area contributed by atoms with Gasteiger partial charge in [-0.15, -0.1) is 0 Å². The number of rotatable bonds is 10. The number of carbonyl (C=O) groups excluding carboxylic acids is 3. The molecular weight excluding hydrogens is 408 g/mol. The van der Waals surface area contributed by atoms with Gasteiger partial charge in [-0.1, -0.05) is 63.9 Å². The van der Waals surface area contributed by atoms with E-state index in [9.17, 15) is 14.4 Å². The lowest BCUT2D eigenvalue weighted by atomic mass is 9.84. The van der Waals surface area contributed by atoms with Gasteiger partial charge in [-0.25, -0.2) is 4.79 Å². The number of hydrogen-bond acceptors (Lipinski definition) is 4. The van der Waals surface area contributed by atoms with Crippen LogP contribution < -0.4 is 5.32 Å². The van der Waals surface area contributed by atoms with Crippen molar-refractivity contribution in [2.24, 2.45) is 5.92 Å². The lowest BCUT2D eigenvalue weighted by molar-refractivity contribution is 0.0889. The van der Waals surface area contributed by atoms with Gasteiger partial charge >= 0.3 is 6.09 Å². The van der Waals surface area contributed by atoms with Gasteiger partial charge < -0.3 is 15.0 Å². The van der Waals surface area contributed by atoms with E-state index in [0.717, 1.165) is 31.6 Å². The summed E-state index contributed by atoms with van der Waals surface area (Å²) in [5.41, 5.74) is 0.929. The molecule has 1 aromatic rings. The second-order valence-corrected chi connectivity index (χ2v) is 15.6. The molecule has 31 heavy (non-hydrogen) atoms. The third kappa shape index (κ3) is 9.25. The lowest BCUT2D eigenvalue weighted by Gasteiger charge is -2.30. The summed E-state index contributed by atoms with van der Waals surface area (Å²) in [6.07, 6.45) is 7.28. The minimum Gasteiger partial charge on any atom is -0.450 e. The molecule has 7 heteroatoms. The van der Waals surface area contributed by atoms with E-state index in [1.54, 1.807) is 36.2 Å². The molecule has 0 aliphatic heterocycles. The Morgan fingerprint density at radius 2 is 1.94 bits per heavy atom. The van der Waals surface area contributed by atoms with Crippen LogP contribution in [-0.4, -0.2) is 57.5 Å². The van der Waals surface area contributed by atoms with Gasteiger partial charge in [0.2, 0.25) is 0 Å². The Morgan fingerprint density at radius 1 is 1.23 bits per heavy atom. The number of nitrogens with zero attached hydrogens (tertiary/aromatic N) is 1. The zero-order valence-electron chi connectivity index (χ0n) is 19.5. The summed E-state index contributed by atoms with van der Waals surface area (Å²) in [7, 11) is 0.461. The van der Waals surface area contributed by atoms with Gasteiger partial charge in [-0.3, -0.25) is 9.59 Å². The molecule has 1 saturated carbocycles. The molecular formula is C24H38N2O4Si. The molecule has 2 rings (SSSR count). The van der Waals surface area contributed by atoms with Gasteiger partial charge in [0.05, 0.1) is 6.61 Å². The van der Waals surface area contributed by atoms with Crippen LogP contribution in [0.2, 0.25) is 25.7 Å². The van der Waals surface area contributed by atoms with Crippen LogP contribution in [0.5, 0.6) is 0 Å². The van der Waals surface area contributed by atoms with Crippen LogP contribution in [0, 0.1) is 5.92 Å². The highest BCUT2D eigenvalue weighted by molar-refractivity contribution is 6.76. The van der Waals surface area contributed by atoms with Crippen molar-refractivity contribution in [3.8, 4) is 0 Å². The van der Waals surface area contributed by atoms with Crippen LogP contribution in [0.25, 0.3) is 0 Å². The quantitative estimate of drug-likeness (QED) is 0.406. The molecule has 0 bridgehead atoms. The van der Waals surface area contributed by atoms with Crippen LogP contribution in [-0.2, 0) is 4.74 Å². The highest BCUT2D eigenvalue weighted by Gasteiger charge is 2.24. The Hall–Kier alpha value is -2.15. The van der Waals surface area contributed by atoms with Crippen molar-refractivity contribution in [3.63, 3.8) is 0 Å². The van der Waals surface area contributed by atoms with Crippen molar-refractivity contribution in [1.29, 1.82) is 0 Å². The Kier molecular flexibility index (Phi) is 9.74. The zero-order valence-corrected chi connectivity index (χ0v) is 20.5. The predicted octanol–water partition coefficient (Wildman–Crippen LogP) is 4.97. The number of likely N-dealkylation sites (N-methyl/N-ethyl adjacent to an activating group) is 1. The highest BCUT2D eigenvalue weighted by Crippen LogP contribution is 2.27. The normalized spacial score (nSPS) is 15.7. The first-order valence-corrected chi connectivity index (χ1v) is 15.1. The fourth-order valence-electron chi connectivity index (χ4n) is 3.99. The molecule has 1 aliphatic carbocycles. The molecule has 0 aromatic heterocycles. The molecule has 0 radical (unpaired) electrons. The van der Waals surface area contributed by atoms with E-state index < -0.39 is 8.07 Å². The van der Waals surface area contributed by atoms with E-state index in [2.05, 4.69) is 25.0 Å². The van der Waals surface area contributed by atoms with Gasteiger partial charge in [0.15, 0.2) is 0 Å². The maximum Gasteiger partial charge on any atom is 0.409 e. The lowest BCUT2D eigenvalue weighted by Crippen LogP contribution is -2.45. The number of benzene rings is 1. The Balaban J connectivity index is 2.00. The van der Waals surface area contributed by atoms with Gasteiger partial charge in [0.25, 0.3) is 5.91 Å². The molecule has 172 valence electrons. The maximum absolute atomic E-state index is 12.8. The summed E-state index contributed by atoms with van der Waals surface area (Å²) in [4.78, 5) is 37.9. The maximum atomic E-state index is 12.8. The van der Waals surface area contributed by atoms with Gasteiger partial charge in [0, 0.05) is 38.8 Å². The molecule has 6 nitrogen and oxygen atoms in total. The number of amides is 2. The minimum absolute atomic E-state index is 0.162. The van der Waals surface area contributed by atoms with E-state index in [-0.39, 0.29) is 18.0 Å². The summed E-state index contributed by atoms with van der Waals surface area (Å²) < 4.78 is 5.46. The van der Waals surface area contributed by atoms with Crippen molar-refractivity contribution in [1.82, 2.24) is 10.2 Å². The fourth-order valence-corrected chi connectivity index (χ4v) is 4.70. The number of hydrogen-bond donors (Lipinski definition) is 1. The number of nitrogens with one attached hydrogen (secondary N) is 1. The third-order valence-corrected chi connectivity index (χ3v) is 7.55. The standard InChI is InChI=1S/C24H38N2O4Si/c1-26(24(29)30-13-14-31(2,3)4)17-22(16-19-9-6-5-7-10-19)25-23(28)21-12-8-11-20(15-21)18-27/h8,11-12,15,18-19,22H,5-7,9-10,13-14,16-17H2,1-4H3,(H,25,28). The van der Waals surface area contributed by atoms with Crippen LogP contribution in [0.4, 0.5) is 4.79 Å². The summed E-state index contributed by atoms with van der Waals surface area (Å²) in [6, 6.07) is 7.44. The van der Waals surface area contributed by atoms with E-state index in [1.807, 2.05) is 0 Å². The molecule has 0 saturated heterocycles. The number of carbonyl (C=O) groups is 3. The van der Waals surface area contributed by atoms with E-state index in [4.69, 9.17) is 4.74 Å². The predicted molar refractivity (Wildman–Crippen MR) is 126 cm³/mol. The van der Waals surface area contributed by atoms with Crippen LogP contribution >= 0.6 is 0 Å². The SMILES string of the molecule is CN(CC(CC1CCCCC1)NC(=O)c1cccc(C=O)c1)C(=O)OCC[Si](C)(C)C. The monoisotopic (exact) mass is 446 g/mol. The first-order valence-electron chi connectivity index (χ1n) is 11.4. The van der Waals surface area contributed by atoms with Gasteiger partial charge in [0.1, 0.15) is 6.29 Å². The molecule has 1 atom stereocenters. The average molecular weight is 447 g/mol. The van der Waals surface area contributed by atoms with Crippen LogP contribution in [0.3, 0.4) is 0 Å². The topological polar surface area (TPSA) is 75.7 Å². The minimum atomic E-state index is -1.27. The summed E-state index contributed by atoms with van der Waals surface area (Å²) in [5.74, 6) is 0.335. The molecule has 1 aliphatic rings. The Bertz CT molecular complexity index is 741. The van der Waals surface area contributed by atoms with E-state index in [1.165, 1.54) is 19.3 Å². The first kappa shape index (κ1) is 25.1. The molecule has 0 spiro atoms.